The van der Waals surface area contributed by atoms with Crippen molar-refractivity contribution >= 4 is 5.78 Å². The number of fused-ring (bicyclic) bond motifs is 3. The number of benzene rings is 1. The van der Waals surface area contributed by atoms with Crippen LogP contribution in [0.1, 0.15) is 56.4 Å². The molecule has 4 unspecified atom stereocenters. The molecule has 2 nitrogen and oxygen atoms in total. The Kier molecular flexibility index (Phi) is 3.48. The fraction of sp³-hybridized carbons (Fsp3) is 0.632. The van der Waals surface area contributed by atoms with Gasteiger partial charge in [0.05, 0.1) is 6.61 Å². The van der Waals surface area contributed by atoms with Crippen molar-refractivity contribution in [3.05, 3.63) is 29.8 Å². The van der Waals surface area contributed by atoms with Gasteiger partial charge < -0.3 is 4.74 Å². The summed E-state index contributed by atoms with van der Waals surface area (Å²) in [6.07, 6.45) is 8.05. The molecule has 2 bridgehead atoms. The third-order valence-corrected chi connectivity index (χ3v) is 5.93. The van der Waals surface area contributed by atoms with Gasteiger partial charge >= 0.3 is 0 Å². The van der Waals surface area contributed by atoms with Gasteiger partial charge in [-0.25, -0.2) is 0 Å². The highest BCUT2D eigenvalue weighted by atomic mass is 16.5. The third-order valence-electron chi connectivity index (χ3n) is 5.93. The zero-order chi connectivity index (χ0) is 14.2. The van der Waals surface area contributed by atoms with Gasteiger partial charge in [0.25, 0.3) is 0 Å². The van der Waals surface area contributed by atoms with Crippen LogP contribution < -0.4 is 4.74 Å². The van der Waals surface area contributed by atoms with Gasteiger partial charge in [-0.1, -0.05) is 24.6 Å². The fourth-order valence-corrected chi connectivity index (χ4v) is 4.90. The summed E-state index contributed by atoms with van der Waals surface area (Å²) in [5.74, 6) is 4.35. The molecule has 1 aromatic rings. The Morgan fingerprint density at radius 2 is 2.00 bits per heavy atom. The number of rotatable bonds is 4. The summed E-state index contributed by atoms with van der Waals surface area (Å²) < 4.78 is 5.70. The molecule has 0 N–H and O–H groups in total. The topological polar surface area (TPSA) is 26.3 Å². The zero-order valence-corrected chi connectivity index (χ0v) is 12.6. The maximum atomic E-state index is 12.5. The van der Waals surface area contributed by atoms with Crippen molar-refractivity contribution < 1.29 is 9.53 Å². The van der Waals surface area contributed by atoms with E-state index in [1.165, 1.54) is 31.2 Å². The van der Waals surface area contributed by atoms with E-state index in [4.69, 9.17) is 4.74 Å². The summed E-state index contributed by atoms with van der Waals surface area (Å²) in [5, 5.41) is 0. The number of ketones is 1. The van der Waals surface area contributed by atoms with Crippen LogP contribution in [0.25, 0.3) is 0 Å². The summed E-state index contributed by atoms with van der Waals surface area (Å²) in [6, 6.07) is 8.23. The summed E-state index contributed by atoms with van der Waals surface area (Å²) in [4.78, 5) is 12.5. The average Bonchev–Trinajstić information content (AvgIpc) is 3.10. The Morgan fingerprint density at radius 3 is 2.81 bits per heavy atom. The van der Waals surface area contributed by atoms with E-state index in [2.05, 4.69) is 12.1 Å². The predicted molar refractivity (Wildman–Crippen MR) is 82.5 cm³/mol. The van der Waals surface area contributed by atoms with Gasteiger partial charge in [0.1, 0.15) is 11.5 Å². The highest BCUT2D eigenvalue weighted by molar-refractivity contribution is 5.79. The smallest absolute Gasteiger partial charge is 0.133 e. The van der Waals surface area contributed by atoms with E-state index in [1.807, 2.05) is 12.1 Å². The average molecular weight is 284 g/mol. The van der Waals surface area contributed by atoms with E-state index in [9.17, 15) is 4.79 Å². The largest absolute Gasteiger partial charge is 0.493 e. The van der Waals surface area contributed by atoms with Crippen LogP contribution in [0.2, 0.25) is 0 Å². The lowest BCUT2D eigenvalue weighted by Gasteiger charge is -2.26. The van der Waals surface area contributed by atoms with Crippen LogP contribution in [-0.4, -0.2) is 12.4 Å². The SMILES string of the molecule is O=C(CC1CCOc2ccccc21)CC1CC2CCC1C2. The molecule has 0 aromatic heterocycles. The molecule has 0 radical (unpaired) electrons. The number of ether oxygens (including phenoxy) is 1. The first-order chi connectivity index (χ1) is 10.3. The van der Waals surface area contributed by atoms with Gasteiger partial charge in [0, 0.05) is 12.8 Å². The van der Waals surface area contributed by atoms with Crippen LogP contribution in [0.4, 0.5) is 0 Å². The van der Waals surface area contributed by atoms with Crippen LogP contribution in [0.5, 0.6) is 5.75 Å². The van der Waals surface area contributed by atoms with Gasteiger partial charge in [0.2, 0.25) is 0 Å². The molecule has 1 heterocycles. The van der Waals surface area contributed by atoms with E-state index in [0.29, 0.717) is 24.0 Å². The van der Waals surface area contributed by atoms with E-state index < -0.39 is 0 Å². The highest BCUT2D eigenvalue weighted by Gasteiger charge is 2.40. The standard InChI is InChI=1S/C19H24O2/c20-17(12-16-10-13-5-6-14(16)9-13)11-15-7-8-21-19-4-2-1-3-18(15)19/h1-4,13-16H,5-12H2. The number of hydrogen-bond donors (Lipinski definition) is 0. The second-order valence-corrected chi connectivity index (χ2v) is 7.25. The Morgan fingerprint density at radius 1 is 1.10 bits per heavy atom. The van der Waals surface area contributed by atoms with Crippen LogP contribution in [0, 0.1) is 17.8 Å². The van der Waals surface area contributed by atoms with E-state index in [-0.39, 0.29) is 0 Å². The molecule has 4 atom stereocenters. The monoisotopic (exact) mass is 284 g/mol. The molecule has 2 heteroatoms. The molecule has 3 aliphatic rings. The van der Waals surface area contributed by atoms with Gasteiger partial charge in [-0.3, -0.25) is 4.79 Å². The molecular weight excluding hydrogens is 260 g/mol. The second-order valence-electron chi connectivity index (χ2n) is 7.25. The molecular formula is C19H24O2. The van der Waals surface area contributed by atoms with Crippen LogP contribution in [0.3, 0.4) is 0 Å². The number of carbonyl (C=O) groups is 1. The summed E-state index contributed by atoms with van der Waals surface area (Å²) in [7, 11) is 0. The van der Waals surface area contributed by atoms with Gasteiger partial charge in [-0.05, 0) is 61.0 Å². The Hall–Kier alpha value is -1.31. The quantitative estimate of drug-likeness (QED) is 0.822. The Bertz CT molecular complexity index is 536. The molecule has 0 spiro atoms. The molecule has 1 aromatic carbocycles. The first-order valence-corrected chi connectivity index (χ1v) is 8.53. The van der Waals surface area contributed by atoms with Crippen molar-refractivity contribution in [3.63, 3.8) is 0 Å². The van der Waals surface area contributed by atoms with E-state index in [1.54, 1.807) is 0 Å². The Balaban J connectivity index is 1.39. The second kappa shape index (κ2) is 5.47. The minimum Gasteiger partial charge on any atom is -0.493 e. The molecule has 2 saturated carbocycles. The van der Waals surface area contributed by atoms with Gasteiger partial charge in [-0.2, -0.15) is 0 Å². The minimum absolute atomic E-state index is 0.376. The lowest BCUT2D eigenvalue weighted by Crippen LogP contribution is -2.20. The van der Waals surface area contributed by atoms with Crippen molar-refractivity contribution in [2.75, 3.05) is 6.61 Å². The van der Waals surface area contributed by atoms with Crippen molar-refractivity contribution in [3.8, 4) is 5.75 Å². The number of Topliss-reactive ketones (excluding diaryl/α,β-unsaturated/α-hetero) is 1. The minimum atomic E-state index is 0.376. The van der Waals surface area contributed by atoms with Crippen LogP contribution >= 0.6 is 0 Å². The third kappa shape index (κ3) is 2.61. The molecule has 0 amide bonds. The van der Waals surface area contributed by atoms with Gasteiger partial charge in [0.15, 0.2) is 0 Å². The number of carbonyl (C=O) groups excluding carboxylic acids is 1. The van der Waals surface area contributed by atoms with Crippen molar-refractivity contribution in [1.29, 1.82) is 0 Å². The maximum Gasteiger partial charge on any atom is 0.133 e. The lowest BCUT2D eigenvalue weighted by atomic mass is 9.82. The van der Waals surface area contributed by atoms with Crippen LogP contribution in [-0.2, 0) is 4.79 Å². The molecule has 1 aliphatic heterocycles. The summed E-state index contributed by atoms with van der Waals surface area (Å²) in [5.41, 5.74) is 1.24. The van der Waals surface area contributed by atoms with Crippen LogP contribution in [0.15, 0.2) is 24.3 Å². The predicted octanol–water partition coefficient (Wildman–Crippen LogP) is 4.34. The first kappa shape index (κ1) is 13.4. The lowest BCUT2D eigenvalue weighted by molar-refractivity contribution is -0.120. The van der Waals surface area contributed by atoms with E-state index in [0.717, 1.165) is 37.0 Å². The highest BCUT2D eigenvalue weighted by Crippen LogP contribution is 2.50. The Labute approximate surface area is 126 Å². The molecule has 0 saturated heterocycles. The fourth-order valence-electron chi connectivity index (χ4n) is 4.90. The summed E-state index contributed by atoms with van der Waals surface area (Å²) >= 11 is 0. The van der Waals surface area contributed by atoms with Crippen molar-refractivity contribution in [2.45, 2.75) is 50.9 Å². The maximum absolute atomic E-state index is 12.5. The zero-order valence-electron chi connectivity index (χ0n) is 12.6. The van der Waals surface area contributed by atoms with Crippen molar-refractivity contribution in [2.24, 2.45) is 17.8 Å². The number of hydrogen-bond acceptors (Lipinski definition) is 2. The van der Waals surface area contributed by atoms with E-state index >= 15 is 0 Å². The van der Waals surface area contributed by atoms with Crippen molar-refractivity contribution in [1.82, 2.24) is 0 Å². The molecule has 21 heavy (non-hydrogen) atoms. The molecule has 4 rings (SSSR count). The molecule has 2 aliphatic carbocycles. The first-order valence-electron chi connectivity index (χ1n) is 8.53. The normalized spacial score (nSPS) is 33.5. The molecule has 2 fully saturated rings. The number of para-hydroxylation sites is 1. The van der Waals surface area contributed by atoms with Gasteiger partial charge in [-0.15, -0.1) is 0 Å². The summed E-state index contributed by atoms with van der Waals surface area (Å²) in [6.45, 7) is 0.753. The molecule has 112 valence electrons.